The highest BCUT2D eigenvalue weighted by Crippen LogP contribution is 2.45. The summed E-state index contributed by atoms with van der Waals surface area (Å²) < 4.78 is 5.69. The molecule has 0 radical (unpaired) electrons. The van der Waals surface area contributed by atoms with Gasteiger partial charge in [0.25, 0.3) is 0 Å². The molecule has 1 unspecified atom stereocenters. The van der Waals surface area contributed by atoms with Crippen molar-refractivity contribution in [2.24, 2.45) is 5.92 Å². The van der Waals surface area contributed by atoms with Gasteiger partial charge >= 0.3 is 0 Å². The summed E-state index contributed by atoms with van der Waals surface area (Å²) in [6, 6.07) is 21.1. The fraction of sp³-hybridized carbons (Fsp3) is 0.348. The van der Waals surface area contributed by atoms with Gasteiger partial charge in [-0.2, -0.15) is 0 Å². The summed E-state index contributed by atoms with van der Waals surface area (Å²) in [4.78, 5) is 13.2. The van der Waals surface area contributed by atoms with Gasteiger partial charge in [0, 0.05) is 17.8 Å². The van der Waals surface area contributed by atoms with Gasteiger partial charge in [-0.25, -0.2) is 0 Å². The molecule has 0 saturated carbocycles. The molecule has 1 atom stereocenters. The molecule has 2 nitrogen and oxygen atoms in total. The van der Waals surface area contributed by atoms with Crippen molar-refractivity contribution in [3.05, 3.63) is 82.9 Å². The third-order valence-electron chi connectivity index (χ3n) is 6.00. The number of hydrogen-bond donors (Lipinski definition) is 0. The Hall–Kier alpha value is -2.19. The van der Waals surface area contributed by atoms with Crippen LogP contribution in [0.4, 0.5) is 0 Å². The van der Waals surface area contributed by atoms with Gasteiger partial charge in [-0.05, 0) is 42.0 Å². The highest BCUT2D eigenvalue weighted by molar-refractivity contribution is 5.97. The van der Waals surface area contributed by atoms with Crippen LogP contribution in [0.1, 0.15) is 37.3 Å². The van der Waals surface area contributed by atoms with Crippen molar-refractivity contribution >= 4 is 5.78 Å². The van der Waals surface area contributed by atoms with E-state index in [-0.39, 0.29) is 11.2 Å². The number of carbonyl (C=O) groups excluding carboxylic acids is 1. The maximum absolute atomic E-state index is 13.2. The second-order valence-electron chi connectivity index (χ2n) is 7.32. The van der Waals surface area contributed by atoms with E-state index in [1.54, 1.807) is 0 Å². The SMILES string of the molecule is C/C1=C2\COCC2CCC(c2ccccc2)(c2ccccc2)CC1=O. The van der Waals surface area contributed by atoms with Crippen LogP contribution in [0.2, 0.25) is 0 Å². The van der Waals surface area contributed by atoms with Crippen LogP contribution in [-0.4, -0.2) is 19.0 Å². The Balaban J connectivity index is 1.86. The van der Waals surface area contributed by atoms with E-state index in [4.69, 9.17) is 4.74 Å². The monoisotopic (exact) mass is 332 g/mol. The number of carbonyl (C=O) groups is 1. The minimum atomic E-state index is -0.255. The molecule has 2 aromatic carbocycles. The predicted octanol–water partition coefficient (Wildman–Crippen LogP) is 4.69. The topological polar surface area (TPSA) is 26.3 Å². The molecule has 0 amide bonds. The summed E-state index contributed by atoms with van der Waals surface area (Å²) >= 11 is 0. The van der Waals surface area contributed by atoms with Crippen LogP contribution in [0, 0.1) is 5.92 Å². The number of allylic oxidation sites excluding steroid dienone is 1. The highest BCUT2D eigenvalue weighted by atomic mass is 16.5. The lowest BCUT2D eigenvalue weighted by atomic mass is 9.65. The molecule has 25 heavy (non-hydrogen) atoms. The van der Waals surface area contributed by atoms with Crippen molar-refractivity contribution in [1.29, 1.82) is 0 Å². The van der Waals surface area contributed by atoms with E-state index in [1.165, 1.54) is 16.7 Å². The summed E-state index contributed by atoms with van der Waals surface area (Å²) in [6.45, 7) is 3.37. The van der Waals surface area contributed by atoms with Gasteiger partial charge in [0.15, 0.2) is 5.78 Å². The molecule has 1 heterocycles. The van der Waals surface area contributed by atoms with E-state index >= 15 is 0 Å². The van der Waals surface area contributed by atoms with E-state index in [0.717, 1.165) is 25.0 Å². The fourth-order valence-electron chi connectivity index (χ4n) is 4.47. The smallest absolute Gasteiger partial charge is 0.159 e. The molecule has 4 rings (SSSR count). The van der Waals surface area contributed by atoms with Crippen LogP contribution in [0.3, 0.4) is 0 Å². The molecule has 1 saturated heterocycles. The Kier molecular flexibility index (Phi) is 4.30. The lowest BCUT2D eigenvalue weighted by molar-refractivity contribution is -0.116. The van der Waals surface area contributed by atoms with Crippen LogP contribution < -0.4 is 0 Å². The number of ketones is 1. The Morgan fingerprint density at radius 1 is 0.960 bits per heavy atom. The minimum Gasteiger partial charge on any atom is -0.376 e. The highest BCUT2D eigenvalue weighted by Gasteiger charge is 2.40. The number of benzene rings is 2. The van der Waals surface area contributed by atoms with Gasteiger partial charge in [-0.3, -0.25) is 4.79 Å². The number of hydrogen-bond acceptors (Lipinski definition) is 2. The Morgan fingerprint density at radius 2 is 1.56 bits per heavy atom. The first-order valence-electron chi connectivity index (χ1n) is 9.12. The molecule has 0 spiro atoms. The summed E-state index contributed by atoms with van der Waals surface area (Å²) in [5.41, 5.74) is 4.39. The van der Waals surface area contributed by atoms with Crippen molar-refractivity contribution in [2.75, 3.05) is 13.2 Å². The predicted molar refractivity (Wildman–Crippen MR) is 99.5 cm³/mol. The zero-order valence-electron chi connectivity index (χ0n) is 14.7. The molecular weight excluding hydrogens is 308 g/mol. The molecule has 1 aliphatic carbocycles. The molecule has 2 heteroatoms. The average Bonchev–Trinajstić information content (AvgIpc) is 3.13. The first-order valence-corrected chi connectivity index (χ1v) is 9.12. The quantitative estimate of drug-likeness (QED) is 0.797. The number of rotatable bonds is 2. The van der Waals surface area contributed by atoms with E-state index < -0.39 is 0 Å². The van der Waals surface area contributed by atoms with Crippen molar-refractivity contribution < 1.29 is 9.53 Å². The normalized spacial score (nSPS) is 26.0. The van der Waals surface area contributed by atoms with Gasteiger partial charge < -0.3 is 4.74 Å². The average molecular weight is 332 g/mol. The van der Waals surface area contributed by atoms with E-state index in [2.05, 4.69) is 48.5 Å². The van der Waals surface area contributed by atoms with Gasteiger partial charge in [-0.1, -0.05) is 60.7 Å². The van der Waals surface area contributed by atoms with E-state index in [0.29, 0.717) is 18.9 Å². The standard InChI is InChI=1S/C23H24O2/c1-17-21-16-25-15-18(21)12-13-23(14-22(17)24,19-8-4-2-5-9-19)20-10-6-3-7-11-20/h2-11,18H,12-16H2,1H3/b21-17-. The van der Waals surface area contributed by atoms with E-state index in [1.807, 2.05) is 19.1 Å². The molecule has 2 aliphatic rings. The van der Waals surface area contributed by atoms with Crippen molar-refractivity contribution in [2.45, 2.75) is 31.6 Å². The number of ether oxygens (including phenoxy) is 1. The zero-order valence-corrected chi connectivity index (χ0v) is 14.7. The van der Waals surface area contributed by atoms with E-state index in [9.17, 15) is 4.79 Å². The molecule has 2 aromatic rings. The Bertz CT molecular complexity index is 750. The minimum absolute atomic E-state index is 0.255. The Labute approximate surface area is 149 Å². The maximum atomic E-state index is 13.2. The van der Waals surface area contributed by atoms with Gasteiger partial charge in [-0.15, -0.1) is 0 Å². The summed E-state index contributed by atoms with van der Waals surface area (Å²) in [7, 11) is 0. The first-order chi connectivity index (χ1) is 12.2. The largest absolute Gasteiger partial charge is 0.376 e. The van der Waals surface area contributed by atoms with Crippen molar-refractivity contribution in [3.8, 4) is 0 Å². The maximum Gasteiger partial charge on any atom is 0.159 e. The second-order valence-corrected chi connectivity index (χ2v) is 7.32. The number of fused-ring (bicyclic) bond motifs is 1. The lowest BCUT2D eigenvalue weighted by Gasteiger charge is -2.37. The lowest BCUT2D eigenvalue weighted by Crippen LogP contribution is -2.34. The third kappa shape index (κ3) is 2.85. The van der Waals surface area contributed by atoms with Crippen molar-refractivity contribution in [1.82, 2.24) is 0 Å². The summed E-state index contributed by atoms with van der Waals surface area (Å²) in [5.74, 6) is 0.647. The summed E-state index contributed by atoms with van der Waals surface area (Å²) in [6.07, 6.45) is 2.56. The van der Waals surface area contributed by atoms with Crippen LogP contribution in [0.5, 0.6) is 0 Å². The van der Waals surface area contributed by atoms with Crippen LogP contribution in [-0.2, 0) is 14.9 Å². The van der Waals surface area contributed by atoms with Gasteiger partial charge in [0.05, 0.1) is 13.2 Å². The Morgan fingerprint density at radius 3 is 2.16 bits per heavy atom. The number of Topliss-reactive ketones (excluding diaryl/α,β-unsaturated/α-hetero) is 1. The van der Waals surface area contributed by atoms with Crippen LogP contribution in [0.25, 0.3) is 0 Å². The fourth-order valence-corrected chi connectivity index (χ4v) is 4.47. The van der Waals surface area contributed by atoms with Gasteiger partial charge in [0.2, 0.25) is 0 Å². The first kappa shape index (κ1) is 16.3. The molecule has 1 aliphatic heterocycles. The molecule has 0 N–H and O–H groups in total. The molecule has 0 bridgehead atoms. The second kappa shape index (κ2) is 6.61. The molecular formula is C23H24O2. The van der Waals surface area contributed by atoms with Crippen molar-refractivity contribution in [3.63, 3.8) is 0 Å². The molecule has 0 aromatic heterocycles. The zero-order chi connectivity index (χ0) is 17.3. The van der Waals surface area contributed by atoms with Crippen LogP contribution in [0.15, 0.2) is 71.8 Å². The van der Waals surface area contributed by atoms with Gasteiger partial charge in [0.1, 0.15) is 0 Å². The van der Waals surface area contributed by atoms with Crippen LogP contribution >= 0.6 is 0 Å². The molecule has 128 valence electrons. The summed E-state index contributed by atoms with van der Waals surface area (Å²) in [5, 5.41) is 0. The third-order valence-corrected chi connectivity index (χ3v) is 6.00. The molecule has 1 fully saturated rings.